The van der Waals surface area contributed by atoms with E-state index in [9.17, 15) is 40.3 Å². The van der Waals surface area contributed by atoms with Gasteiger partial charge in [0.2, 0.25) is 0 Å². The van der Waals surface area contributed by atoms with E-state index >= 15 is 0 Å². The summed E-state index contributed by atoms with van der Waals surface area (Å²) in [7, 11) is 2.54. The van der Waals surface area contributed by atoms with E-state index in [0.29, 0.717) is 29.1 Å². The minimum Gasteiger partial charge on any atom is -0.453 e. The fourth-order valence-corrected chi connectivity index (χ4v) is 5.81. The second-order valence-corrected chi connectivity index (χ2v) is 13.5. The van der Waals surface area contributed by atoms with Crippen molar-refractivity contribution in [1.82, 2.24) is 30.2 Å². The van der Waals surface area contributed by atoms with E-state index in [1.54, 1.807) is 24.3 Å². The molecule has 0 atom stereocenters. The number of benzene rings is 4. The van der Waals surface area contributed by atoms with Gasteiger partial charge >= 0.3 is 18.4 Å². The Kier molecular flexibility index (Phi) is 13.5. The first kappa shape index (κ1) is 43.5. The van der Waals surface area contributed by atoms with Crippen LogP contribution in [-0.2, 0) is 28.7 Å². The topological polar surface area (TPSA) is 112 Å². The monoisotopic (exact) mass is 824 g/mol. The molecular formula is C42H39F7N6O4. The van der Waals surface area contributed by atoms with E-state index in [-0.39, 0.29) is 30.3 Å². The van der Waals surface area contributed by atoms with E-state index < -0.39 is 52.9 Å². The van der Waals surface area contributed by atoms with E-state index in [0.717, 1.165) is 32.5 Å². The van der Waals surface area contributed by atoms with Crippen molar-refractivity contribution in [3.05, 3.63) is 142 Å². The number of amides is 2. The lowest BCUT2D eigenvalue weighted by Crippen LogP contribution is -2.22. The number of carbonyl (C=O) groups excluding carboxylic acids is 2. The molecule has 0 radical (unpaired) electrons. The molecule has 2 amide bonds. The van der Waals surface area contributed by atoms with Crippen LogP contribution in [0.4, 0.5) is 40.3 Å². The SMILES string of the molecule is COC(=O)NCc1cc(-c2ccn(-c3c(F)cc(C(C)C)cc3F)n2)ccc1C.COC(=O)NCc1cc(-c2ccn(-c3c(F)cc(C(F)(F)F)cc3F)n2)ccc1C. The summed E-state index contributed by atoms with van der Waals surface area (Å²) in [5.74, 6) is -4.07. The number of nitrogens with zero attached hydrogens (tertiary/aromatic N) is 4. The Hall–Kier alpha value is -6.65. The van der Waals surface area contributed by atoms with E-state index in [4.69, 9.17) is 0 Å². The number of ether oxygens (including phenoxy) is 2. The maximum atomic E-state index is 14.5. The summed E-state index contributed by atoms with van der Waals surface area (Å²) >= 11 is 0. The van der Waals surface area contributed by atoms with Gasteiger partial charge in [-0.2, -0.15) is 23.4 Å². The molecule has 2 heterocycles. The van der Waals surface area contributed by atoms with Gasteiger partial charge in [-0.25, -0.2) is 36.5 Å². The average molecular weight is 825 g/mol. The number of aromatic nitrogens is 4. The third kappa shape index (κ3) is 10.5. The summed E-state index contributed by atoms with van der Waals surface area (Å²) in [5.41, 5.74) is 4.05. The lowest BCUT2D eigenvalue weighted by atomic mass is 10.0. The summed E-state index contributed by atoms with van der Waals surface area (Å²) in [6.45, 7) is 8.01. The minimum absolute atomic E-state index is 0.0193. The molecule has 0 aliphatic carbocycles. The van der Waals surface area contributed by atoms with Crippen LogP contribution >= 0.6 is 0 Å². The van der Waals surface area contributed by atoms with Gasteiger partial charge in [-0.3, -0.25) is 0 Å². The minimum atomic E-state index is -4.87. The van der Waals surface area contributed by atoms with Crippen molar-refractivity contribution in [2.24, 2.45) is 0 Å². The molecule has 0 spiro atoms. The fraction of sp³-hybridized carbons (Fsp3) is 0.238. The average Bonchev–Trinajstić information content (AvgIpc) is 3.87. The van der Waals surface area contributed by atoms with Gasteiger partial charge in [-0.1, -0.05) is 38.1 Å². The number of nitrogens with one attached hydrogen (secondary N) is 2. The molecule has 0 aliphatic heterocycles. The lowest BCUT2D eigenvalue weighted by molar-refractivity contribution is -0.138. The molecular weight excluding hydrogens is 785 g/mol. The predicted molar refractivity (Wildman–Crippen MR) is 205 cm³/mol. The maximum Gasteiger partial charge on any atom is 0.416 e. The van der Waals surface area contributed by atoms with Crippen molar-refractivity contribution in [2.45, 2.75) is 52.9 Å². The number of rotatable bonds is 9. The first-order valence-electron chi connectivity index (χ1n) is 17.9. The third-order valence-electron chi connectivity index (χ3n) is 9.19. The van der Waals surface area contributed by atoms with E-state index in [2.05, 4.69) is 30.3 Å². The number of hydrogen-bond acceptors (Lipinski definition) is 6. The smallest absolute Gasteiger partial charge is 0.416 e. The van der Waals surface area contributed by atoms with Gasteiger partial charge < -0.3 is 20.1 Å². The van der Waals surface area contributed by atoms with Crippen LogP contribution in [0.5, 0.6) is 0 Å². The first-order valence-corrected chi connectivity index (χ1v) is 17.9. The van der Waals surface area contributed by atoms with Crippen LogP contribution < -0.4 is 10.6 Å². The van der Waals surface area contributed by atoms with E-state index in [1.807, 2.05) is 45.9 Å². The quantitative estimate of drug-likeness (QED) is 0.141. The molecule has 310 valence electrons. The third-order valence-corrected chi connectivity index (χ3v) is 9.19. The van der Waals surface area contributed by atoms with Crippen LogP contribution in [0.15, 0.2) is 85.2 Å². The number of methoxy groups -OCH3 is 2. The van der Waals surface area contributed by atoms with Crippen molar-refractivity contribution in [3.8, 4) is 33.9 Å². The zero-order valence-corrected chi connectivity index (χ0v) is 32.6. The molecule has 10 nitrogen and oxygen atoms in total. The summed E-state index contributed by atoms with van der Waals surface area (Å²) in [5, 5.41) is 13.6. The van der Waals surface area contributed by atoms with Crippen molar-refractivity contribution in [1.29, 1.82) is 0 Å². The van der Waals surface area contributed by atoms with Gasteiger partial charge in [0.25, 0.3) is 0 Å². The van der Waals surface area contributed by atoms with Crippen molar-refractivity contribution in [2.75, 3.05) is 14.2 Å². The molecule has 6 rings (SSSR count). The molecule has 0 unspecified atom stereocenters. The molecule has 4 aromatic carbocycles. The van der Waals surface area contributed by atoms with Gasteiger partial charge in [-0.05, 0) is 96.1 Å². The number of halogens is 7. The van der Waals surface area contributed by atoms with Gasteiger partial charge in [0.1, 0.15) is 11.4 Å². The highest BCUT2D eigenvalue weighted by molar-refractivity contribution is 5.68. The second-order valence-electron chi connectivity index (χ2n) is 13.5. The molecule has 2 N–H and O–H groups in total. The lowest BCUT2D eigenvalue weighted by Gasteiger charge is -2.11. The second kappa shape index (κ2) is 18.3. The van der Waals surface area contributed by atoms with Gasteiger partial charge in [0.05, 0.1) is 31.2 Å². The number of alkyl carbamates (subject to hydrolysis) is 2. The Morgan fingerprint density at radius 1 is 0.644 bits per heavy atom. The molecule has 0 fully saturated rings. The molecule has 2 aromatic heterocycles. The summed E-state index contributed by atoms with van der Waals surface area (Å²) in [4.78, 5) is 22.6. The molecule has 0 aliphatic rings. The van der Waals surface area contributed by atoms with Crippen molar-refractivity contribution < 1.29 is 49.8 Å². The van der Waals surface area contributed by atoms with Crippen LogP contribution in [0, 0.1) is 37.1 Å². The normalized spacial score (nSPS) is 11.2. The van der Waals surface area contributed by atoms with Crippen LogP contribution in [0.25, 0.3) is 33.9 Å². The number of alkyl halides is 3. The Balaban J connectivity index is 0.000000224. The summed E-state index contributed by atoms with van der Waals surface area (Å²) < 4.78 is 107. The first-order chi connectivity index (χ1) is 27.9. The summed E-state index contributed by atoms with van der Waals surface area (Å²) in [6.07, 6.45) is -3.22. The van der Waals surface area contributed by atoms with E-state index in [1.165, 1.54) is 49.5 Å². The Labute approximate surface area is 334 Å². The highest BCUT2D eigenvalue weighted by Gasteiger charge is 2.33. The zero-order chi connectivity index (χ0) is 43.2. The molecule has 59 heavy (non-hydrogen) atoms. The van der Waals surface area contributed by atoms with Crippen LogP contribution in [0.1, 0.15) is 53.1 Å². The standard InChI is InChI=1S/C22H23F2N3O2.C20H16F5N3O2/c1-13(2)16-10-18(23)21(19(24)11-16)27-8-7-20(26-27)15-6-5-14(3)17(9-15)12-25-22(28)29-4;1-11-3-4-12(7-13(11)10-26-19(29)30-2)17-5-6-28(27-17)18-15(21)8-14(9-16(18)22)20(23,24)25/h5-11,13H,12H2,1-4H3,(H,25,28);3-9H,10H2,1-2H3,(H,26,29). The Morgan fingerprint density at radius 3 is 1.39 bits per heavy atom. The molecule has 17 heteroatoms. The Bertz CT molecular complexity index is 2430. The molecule has 6 aromatic rings. The molecule has 0 saturated heterocycles. The fourth-order valence-electron chi connectivity index (χ4n) is 5.81. The van der Waals surface area contributed by atoms with Crippen LogP contribution in [-0.4, -0.2) is 46.0 Å². The van der Waals surface area contributed by atoms with Crippen LogP contribution in [0.3, 0.4) is 0 Å². The van der Waals surface area contributed by atoms with Crippen molar-refractivity contribution in [3.63, 3.8) is 0 Å². The van der Waals surface area contributed by atoms with Gasteiger partial charge in [0.15, 0.2) is 23.3 Å². The highest BCUT2D eigenvalue weighted by atomic mass is 19.4. The van der Waals surface area contributed by atoms with Gasteiger partial charge in [0, 0.05) is 36.6 Å². The maximum absolute atomic E-state index is 14.5. The Morgan fingerprint density at radius 2 is 1.03 bits per heavy atom. The van der Waals surface area contributed by atoms with Crippen LogP contribution in [0.2, 0.25) is 0 Å². The zero-order valence-electron chi connectivity index (χ0n) is 32.6. The highest BCUT2D eigenvalue weighted by Crippen LogP contribution is 2.33. The number of hydrogen-bond donors (Lipinski definition) is 2. The number of carbonyl (C=O) groups is 2. The van der Waals surface area contributed by atoms with Gasteiger partial charge in [-0.15, -0.1) is 0 Å². The molecule has 0 bridgehead atoms. The number of aryl methyl sites for hydroxylation is 2. The predicted octanol–water partition coefficient (Wildman–Crippen LogP) is 10.1. The van der Waals surface area contributed by atoms with Crippen molar-refractivity contribution >= 4 is 12.2 Å². The molecule has 0 saturated carbocycles. The summed E-state index contributed by atoms with van der Waals surface area (Å²) in [6, 6.07) is 17.2. The largest absolute Gasteiger partial charge is 0.453 e.